The number of carbonyl (C=O) groups excluding carboxylic acids is 1. The van der Waals surface area contributed by atoms with Crippen molar-refractivity contribution in [1.82, 2.24) is 5.32 Å². The third-order valence-corrected chi connectivity index (χ3v) is 6.08. The van der Waals surface area contributed by atoms with Gasteiger partial charge in [-0.2, -0.15) is 0 Å². The number of amides is 1. The average Bonchev–Trinajstić information content (AvgIpc) is 2.11. The molecule has 1 N–H and O–H groups in total. The molecule has 0 fully saturated rings. The molecule has 0 heterocycles. The Morgan fingerprint density at radius 1 is 1.38 bits per heavy atom. The lowest BCUT2D eigenvalue weighted by Gasteiger charge is -2.23. The van der Waals surface area contributed by atoms with Crippen molar-refractivity contribution in [3.8, 4) is 0 Å². The number of alkyl halides is 1. The fraction of sp³-hybridized carbons (Fsp3) is 0.900. The van der Waals surface area contributed by atoms with Crippen molar-refractivity contribution < 1.29 is 13.2 Å². The molecule has 1 atom stereocenters. The lowest BCUT2D eigenvalue weighted by Crippen LogP contribution is -2.49. The predicted octanol–water partition coefficient (Wildman–Crippen LogP) is 1.35. The second-order valence-corrected chi connectivity index (χ2v) is 8.49. The third kappa shape index (κ3) is 4.05. The first-order valence-corrected chi connectivity index (χ1v) is 7.92. The van der Waals surface area contributed by atoms with E-state index < -0.39 is 20.5 Å². The smallest absolute Gasteiger partial charge is 0.240 e. The average molecular weight is 314 g/mol. The molecule has 1 amide bonds. The molecule has 6 heteroatoms. The summed E-state index contributed by atoms with van der Waals surface area (Å²) in [5.41, 5.74) is 0. The second kappa shape index (κ2) is 5.49. The Kier molecular flexibility index (Phi) is 5.46. The summed E-state index contributed by atoms with van der Waals surface area (Å²) < 4.78 is 21.4. The summed E-state index contributed by atoms with van der Waals surface area (Å²) in [6.07, 6.45) is 1.07. The van der Waals surface area contributed by atoms with Gasteiger partial charge in [-0.1, -0.05) is 29.8 Å². The molecule has 0 aromatic carbocycles. The minimum absolute atomic E-state index is 0.145. The normalized spacial score (nSPS) is 14.9. The van der Waals surface area contributed by atoms with Crippen molar-refractivity contribution in [1.29, 1.82) is 0 Å². The van der Waals surface area contributed by atoms with Crippen LogP contribution in [0.5, 0.6) is 0 Å². The molecule has 0 radical (unpaired) electrons. The van der Waals surface area contributed by atoms with Crippen LogP contribution in [0.2, 0.25) is 0 Å². The summed E-state index contributed by atoms with van der Waals surface area (Å²) in [5.74, 6) is -0.0817. The summed E-state index contributed by atoms with van der Waals surface area (Å²) in [6.45, 7) is 7.29. The van der Waals surface area contributed by atoms with E-state index in [1.807, 2.05) is 13.8 Å². The highest BCUT2D eigenvalue weighted by Crippen LogP contribution is 2.16. The summed E-state index contributed by atoms with van der Waals surface area (Å²) in [4.78, 5) is 11.9. The monoisotopic (exact) mass is 313 g/mol. The Morgan fingerprint density at radius 2 is 1.81 bits per heavy atom. The third-order valence-electron chi connectivity index (χ3n) is 2.65. The highest BCUT2D eigenvalue weighted by atomic mass is 79.9. The number of halogens is 1. The molecule has 96 valence electrons. The van der Waals surface area contributed by atoms with Gasteiger partial charge in [0.25, 0.3) is 0 Å². The predicted molar refractivity (Wildman–Crippen MR) is 69.5 cm³/mol. The zero-order valence-electron chi connectivity index (χ0n) is 10.4. The van der Waals surface area contributed by atoms with E-state index >= 15 is 0 Å². The summed E-state index contributed by atoms with van der Waals surface area (Å²) in [6, 6.07) is 0. The van der Waals surface area contributed by atoms with Crippen molar-refractivity contribution in [2.45, 2.75) is 37.3 Å². The Morgan fingerprint density at radius 3 is 2.12 bits per heavy atom. The zero-order valence-corrected chi connectivity index (χ0v) is 12.8. The van der Waals surface area contributed by atoms with Gasteiger partial charge in [0.15, 0.2) is 9.84 Å². The number of carbonyl (C=O) groups is 1. The lowest BCUT2D eigenvalue weighted by molar-refractivity contribution is -0.122. The Balaban J connectivity index is 4.50. The molecule has 0 aliphatic rings. The number of rotatable bonds is 5. The molecular formula is C10H20BrNO3S. The molecule has 0 aromatic rings. The number of sulfone groups is 1. The van der Waals surface area contributed by atoms with Gasteiger partial charge in [0.05, 0.1) is 0 Å². The fourth-order valence-electron chi connectivity index (χ4n) is 0.807. The first-order chi connectivity index (χ1) is 7.00. The van der Waals surface area contributed by atoms with Crippen LogP contribution in [-0.4, -0.2) is 36.7 Å². The summed E-state index contributed by atoms with van der Waals surface area (Å²) >= 11 is 3.42. The Bertz CT molecular complexity index is 349. The molecular weight excluding hydrogens is 294 g/mol. The second-order valence-electron chi connectivity index (χ2n) is 4.75. The minimum atomic E-state index is -3.40. The summed E-state index contributed by atoms with van der Waals surface area (Å²) in [5, 5.41) is 2.65. The van der Waals surface area contributed by atoms with E-state index in [0.29, 0.717) is 12.5 Å². The van der Waals surface area contributed by atoms with Gasteiger partial charge in [-0.15, -0.1) is 0 Å². The maximum absolute atomic E-state index is 11.7. The van der Waals surface area contributed by atoms with E-state index in [-0.39, 0.29) is 4.83 Å². The molecule has 1 unspecified atom stereocenters. The quantitative estimate of drug-likeness (QED) is 0.779. The topological polar surface area (TPSA) is 63.2 Å². The van der Waals surface area contributed by atoms with Crippen molar-refractivity contribution in [2.24, 2.45) is 5.92 Å². The van der Waals surface area contributed by atoms with Crippen LogP contribution in [0.3, 0.4) is 0 Å². The van der Waals surface area contributed by atoms with E-state index in [1.54, 1.807) is 0 Å². The van der Waals surface area contributed by atoms with E-state index in [1.165, 1.54) is 13.8 Å². The van der Waals surface area contributed by atoms with Crippen LogP contribution >= 0.6 is 15.9 Å². The van der Waals surface area contributed by atoms with Gasteiger partial charge in [0, 0.05) is 17.6 Å². The fourth-order valence-corrected chi connectivity index (χ4v) is 1.38. The van der Waals surface area contributed by atoms with Crippen molar-refractivity contribution in [2.75, 3.05) is 12.8 Å². The zero-order chi connectivity index (χ0) is 13.1. The van der Waals surface area contributed by atoms with Crippen LogP contribution < -0.4 is 5.32 Å². The molecule has 4 nitrogen and oxygen atoms in total. The number of hydrogen-bond donors (Lipinski definition) is 1. The Hall–Kier alpha value is -0.100. The van der Waals surface area contributed by atoms with Crippen LogP contribution in [0, 0.1) is 5.92 Å². The van der Waals surface area contributed by atoms with Crippen LogP contribution in [0.4, 0.5) is 0 Å². The number of nitrogens with one attached hydrogen (secondary N) is 1. The molecule has 0 saturated heterocycles. The van der Waals surface area contributed by atoms with Crippen LogP contribution in [0.15, 0.2) is 0 Å². The van der Waals surface area contributed by atoms with Gasteiger partial charge in [0.1, 0.15) is 4.75 Å². The summed E-state index contributed by atoms with van der Waals surface area (Å²) in [7, 11) is -3.40. The van der Waals surface area contributed by atoms with Crippen LogP contribution in [-0.2, 0) is 14.6 Å². The molecule has 0 saturated carbocycles. The van der Waals surface area contributed by atoms with Gasteiger partial charge in [-0.3, -0.25) is 4.79 Å². The van der Waals surface area contributed by atoms with Gasteiger partial charge in [0.2, 0.25) is 5.91 Å². The standard InChI is InChI=1S/C10H20BrNO3S/c1-7(2)8(11)6-12-9(13)10(3,4)16(5,14)15/h7-8H,6H2,1-5H3,(H,12,13). The first-order valence-electron chi connectivity index (χ1n) is 5.12. The number of hydrogen-bond acceptors (Lipinski definition) is 3. The molecule has 0 aliphatic heterocycles. The lowest BCUT2D eigenvalue weighted by atomic mass is 10.1. The van der Waals surface area contributed by atoms with Crippen molar-refractivity contribution in [3.05, 3.63) is 0 Å². The minimum Gasteiger partial charge on any atom is -0.354 e. The van der Waals surface area contributed by atoms with E-state index in [4.69, 9.17) is 0 Å². The largest absolute Gasteiger partial charge is 0.354 e. The highest BCUT2D eigenvalue weighted by Gasteiger charge is 2.38. The van der Waals surface area contributed by atoms with E-state index in [9.17, 15) is 13.2 Å². The highest BCUT2D eigenvalue weighted by molar-refractivity contribution is 9.09. The Labute approximate surface area is 106 Å². The van der Waals surface area contributed by atoms with Gasteiger partial charge in [-0.05, 0) is 19.8 Å². The SMILES string of the molecule is CC(C)C(Br)CNC(=O)C(C)(C)S(C)(=O)=O. The van der Waals surface area contributed by atoms with E-state index in [0.717, 1.165) is 6.26 Å². The first kappa shape index (κ1) is 15.9. The van der Waals surface area contributed by atoms with Gasteiger partial charge >= 0.3 is 0 Å². The maximum atomic E-state index is 11.7. The molecule has 0 spiro atoms. The van der Waals surface area contributed by atoms with Gasteiger partial charge in [-0.25, -0.2) is 8.42 Å². The molecule has 0 aromatic heterocycles. The molecule has 0 rings (SSSR count). The van der Waals surface area contributed by atoms with Crippen LogP contribution in [0.25, 0.3) is 0 Å². The van der Waals surface area contributed by atoms with Gasteiger partial charge < -0.3 is 5.32 Å². The molecule has 0 bridgehead atoms. The van der Waals surface area contributed by atoms with E-state index in [2.05, 4.69) is 21.2 Å². The van der Waals surface area contributed by atoms with Crippen molar-refractivity contribution >= 4 is 31.7 Å². The van der Waals surface area contributed by atoms with Crippen molar-refractivity contribution in [3.63, 3.8) is 0 Å². The molecule has 16 heavy (non-hydrogen) atoms. The maximum Gasteiger partial charge on any atom is 0.240 e. The van der Waals surface area contributed by atoms with Crippen LogP contribution in [0.1, 0.15) is 27.7 Å². The molecule has 0 aliphatic carbocycles.